The van der Waals surface area contributed by atoms with Crippen LogP contribution in [0.3, 0.4) is 0 Å². The Balaban J connectivity index is 1.87. The fourth-order valence-electron chi connectivity index (χ4n) is 3.41. The van der Waals surface area contributed by atoms with Gasteiger partial charge < -0.3 is 0 Å². The highest BCUT2D eigenvalue weighted by Gasteiger charge is 2.25. The lowest BCUT2D eigenvalue weighted by Gasteiger charge is -2.25. The highest BCUT2D eigenvalue weighted by atomic mass is 35.5. The first-order valence-corrected chi connectivity index (χ1v) is 8.21. The molecule has 3 nitrogen and oxygen atoms in total. The molecule has 2 heterocycles. The van der Waals surface area contributed by atoms with E-state index in [1.54, 1.807) is 6.07 Å². The van der Waals surface area contributed by atoms with E-state index in [1.165, 1.54) is 16.5 Å². The van der Waals surface area contributed by atoms with Crippen LogP contribution in [0.15, 0.2) is 36.5 Å². The number of pyridine rings is 1. The lowest BCUT2D eigenvalue weighted by molar-refractivity contribution is 0.846. The minimum Gasteiger partial charge on any atom is -0.277 e. The summed E-state index contributed by atoms with van der Waals surface area (Å²) in [4.78, 5) is 4.90. The van der Waals surface area contributed by atoms with Crippen LogP contribution in [-0.2, 0) is 12.8 Å². The predicted octanol–water partition coefficient (Wildman–Crippen LogP) is 5.18. The van der Waals surface area contributed by atoms with Gasteiger partial charge in [-0.1, -0.05) is 23.2 Å². The number of aryl methyl sites for hydroxylation is 1. The molecular weight excluding hydrogens is 329 g/mol. The summed E-state index contributed by atoms with van der Waals surface area (Å²) < 4.78 is 0. The molecule has 0 bridgehead atoms. The molecule has 2 aromatic heterocycles. The lowest BCUT2D eigenvalue weighted by atomic mass is 9.82. The lowest BCUT2D eigenvalue weighted by Crippen LogP contribution is -2.13. The van der Waals surface area contributed by atoms with Crippen molar-refractivity contribution in [3.05, 3.63) is 57.7 Å². The molecule has 0 aliphatic heterocycles. The molecular formula is C18H11Cl2N3. The Morgan fingerprint density at radius 2 is 1.87 bits per heavy atom. The predicted molar refractivity (Wildman–Crippen MR) is 94.3 cm³/mol. The van der Waals surface area contributed by atoms with Gasteiger partial charge in [-0.05, 0) is 54.3 Å². The van der Waals surface area contributed by atoms with Crippen LogP contribution in [0.25, 0.3) is 33.1 Å². The van der Waals surface area contributed by atoms with Gasteiger partial charge in [0, 0.05) is 21.4 Å². The molecule has 1 aliphatic carbocycles. The Morgan fingerprint density at radius 1 is 1.00 bits per heavy atom. The first-order chi connectivity index (χ1) is 11.2. The van der Waals surface area contributed by atoms with E-state index >= 15 is 0 Å². The number of halogens is 2. The topological polar surface area (TPSA) is 41.6 Å². The van der Waals surface area contributed by atoms with Crippen molar-refractivity contribution in [1.82, 2.24) is 15.2 Å². The maximum Gasteiger partial charge on any atom is 0.0759 e. The Kier molecular flexibility index (Phi) is 2.73. The molecule has 112 valence electrons. The second-order valence-electron chi connectivity index (χ2n) is 5.84. The van der Waals surface area contributed by atoms with Crippen LogP contribution in [0.1, 0.15) is 11.1 Å². The highest BCUT2D eigenvalue weighted by molar-refractivity contribution is 6.36. The fourth-order valence-corrected chi connectivity index (χ4v) is 3.90. The summed E-state index contributed by atoms with van der Waals surface area (Å²) >= 11 is 12.4. The van der Waals surface area contributed by atoms with E-state index < -0.39 is 0 Å². The van der Waals surface area contributed by atoms with E-state index in [-0.39, 0.29) is 0 Å². The van der Waals surface area contributed by atoms with E-state index in [4.69, 9.17) is 28.2 Å². The summed E-state index contributed by atoms with van der Waals surface area (Å²) in [6, 6.07) is 9.68. The average Bonchev–Trinajstić information content (AvgIpc) is 2.95. The van der Waals surface area contributed by atoms with Gasteiger partial charge in [0.15, 0.2) is 0 Å². The molecule has 0 atom stereocenters. The first-order valence-electron chi connectivity index (χ1n) is 7.45. The van der Waals surface area contributed by atoms with Gasteiger partial charge in [-0.3, -0.25) is 5.10 Å². The van der Waals surface area contributed by atoms with E-state index in [0.29, 0.717) is 10.0 Å². The number of nitrogens with zero attached hydrogens (tertiary/aromatic N) is 2. The number of nitrogens with one attached hydrogen (secondary N) is 1. The number of H-pyrrole nitrogens is 1. The largest absolute Gasteiger partial charge is 0.277 e. The van der Waals surface area contributed by atoms with Gasteiger partial charge in [-0.25, -0.2) is 4.98 Å². The maximum absolute atomic E-state index is 6.40. The van der Waals surface area contributed by atoms with Crippen LogP contribution < -0.4 is 0 Å². The molecule has 4 aromatic rings. The van der Waals surface area contributed by atoms with Gasteiger partial charge >= 0.3 is 0 Å². The highest BCUT2D eigenvalue weighted by Crippen LogP contribution is 2.41. The Labute approximate surface area is 142 Å². The number of rotatable bonds is 1. The Hall–Kier alpha value is -2.10. The smallest absolute Gasteiger partial charge is 0.0759 e. The SMILES string of the molecule is Clc1ccc(-c2nc3ccc4cn[nH]c4c3c3c2CC3)c(Cl)c1. The molecule has 0 spiro atoms. The monoisotopic (exact) mass is 339 g/mol. The van der Waals surface area contributed by atoms with E-state index in [2.05, 4.69) is 16.3 Å². The Morgan fingerprint density at radius 3 is 2.65 bits per heavy atom. The van der Waals surface area contributed by atoms with Crippen molar-refractivity contribution in [2.75, 3.05) is 0 Å². The summed E-state index contributed by atoms with van der Waals surface area (Å²) in [7, 11) is 0. The molecule has 1 N–H and O–H groups in total. The van der Waals surface area contributed by atoms with Crippen molar-refractivity contribution in [2.24, 2.45) is 0 Å². The molecule has 0 saturated heterocycles. The Bertz CT molecular complexity index is 1100. The van der Waals surface area contributed by atoms with Crippen molar-refractivity contribution < 1.29 is 0 Å². The molecule has 2 aromatic carbocycles. The number of hydrogen-bond acceptors (Lipinski definition) is 2. The normalized spacial score (nSPS) is 13.3. The summed E-state index contributed by atoms with van der Waals surface area (Å²) in [6.07, 6.45) is 3.94. The molecule has 5 rings (SSSR count). The molecule has 23 heavy (non-hydrogen) atoms. The number of benzene rings is 2. The van der Waals surface area contributed by atoms with Crippen molar-refractivity contribution in [2.45, 2.75) is 12.8 Å². The standard InChI is InChI=1S/C18H11Cl2N3/c19-10-2-3-13(14(20)7-10)18-12-5-4-11(12)16-15(22-18)6-1-9-8-21-23-17(9)16/h1-3,6-8H,4-5H2,(H,21,23). The van der Waals surface area contributed by atoms with E-state index in [0.717, 1.165) is 40.5 Å². The van der Waals surface area contributed by atoms with Gasteiger partial charge in [0.1, 0.15) is 0 Å². The summed E-state index contributed by atoms with van der Waals surface area (Å²) in [5.41, 5.74) is 6.59. The summed E-state index contributed by atoms with van der Waals surface area (Å²) in [6.45, 7) is 0. The van der Waals surface area contributed by atoms with Crippen LogP contribution in [-0.4, -0.2) is 15.2 Å². The van der Waals surface area contributed by atoms with Crippen molar-refractivity contribution in [1.29, 1.82) is 0 Å². The van der Waals surface area contributed by atoms with Crippen LogP contribution in [0, 0.1) is 0 Å². The third-order valence-corrected chi connectivity index (χ3v) is 5.14. The minimum atomic E-state index is 0.637. The van der Waals surface area contributed by atoms with Crippen LogP contribution in [0.4, 0.5) is 0 Å². The third-order valence-electron chi connectivity index (χ3n) is 4.59. The zero-order valence-corrected chi connectivity index (χ0v) is 13.5. The van der Waals surface area contributed by atoms with Crippen molar-refractivity contribution in [3.8, 4) is 11.3 Å². The quantitative estimate of drug-likeness (QED) is 0.518. The van der Waals surface area contributed by atoms with Gasteiger partial charge in [-0.2, -0.15) is 5.10 Å². The van der Waals surface area contributed by atoms with Crippen LogP contribution in [0.5, 0.6) is 0 Å². The first kappa shape index (κ1) is 13.3. The summed E-state index contributed by atoms with van der Waals surface area (Å²) in [5.74, 6) is 0. The van der Waals surface area contributed by atoms with Crippen molar-refractivity contribution in [3.63, 3.8) is 0 Å². The summed E-state index contributed by atoms with van der Waals surface area (Å²) in [5, 5.41) is 10.9. The minimum absolute atomic E-state index is 0.637. The third kappa shape index (κ3) is 1.84. The second-order valence-corrected chi connectivity index (χ2v) is 6.68. The average molecular weight is 340 g/mol. The second kappa shape index (κ2) is 4.70. The zero-order chi connectivity index (χ0) is 15.6. The molecule has 0 fully saturated rings. The molecule has 0 amide bonds. The van der Waals surface area contributed by atoms with Gasteiger partial charge in [-0.15, -0.1) is 0 Å². The van der Waals surface area contributed by atoms with Gasteiger partial charge in [0.25, 0.3) is 0 Å². The van der Waals surface area contributed by atoms with Crippen LogP contribution in [0.2, 0.25) is 10.0 Å². The fraction of sp³-hybridized carbons (Fsp3) is 0.111. The number of fused-ring (bicyclic) bond motifs is 5. The molecule has 1 aliphatic rings. The molecule has 5 heteroatoms. The van der Waals surface area contributed by atoms with E-state index in [9.17, 15) is 0 Å². The maximum atomic E-state index is 6.40. The molecule has 0 radical (unpaired) electrons. The zero-order valence-electron chi connectivity index (χ0n) is 12.0. The van der Waals surface area contributed by atoms with Gasteiger partial charge in [0.05, 0.1) is 27.9 Å². The van der Waals surface area contributed by atoms with E-state index in [1.807, 2.05) is 24.4 Å². The molecule has 0 saturated carbocycles. The number of aromatic nitrogens is 3. The van der Waals surface area contributed by atoms with Gasteiger partial charge in [0.2, 0.25) is 0 Å². The van der Waals surface area contributed by atoms with Crippen molar-refractivity contribution >= 4 is 45.0 Å². The van der Waals surface area contributed by atoms with Crippen LogP contribution >= 0.6 is 23.2 Å². The number of aromatic amines is 1. The molecule has 0 unspecified atom stereocenters. The number of hydrogen-bond donors (Lipinski definition) is 1.